The van der Waals surface area contributed by atoms with E-state index < -0.39 is 0 Å². The van der Waals surface area contributed by atoms with Crippen molar-refractivity contribution in [2.45, 2.75) is 6.92 Å². The van der Waals surface area contributed by atoms with Gasteiger partial charge in [0.2, 0.25) is 23.4 Å². The summed E-state index contributed by atoms with van der Waals surface area (Å²) >= 11 is 0. The number of aryl methyl sites for hydroxylation is 1. The largest absolute Gasteiger partial charge is 0.439 e. The van der Waals surface area contributed by atoms with Crippen molar-refractivity contribution in [1.82, 2.24) is 15.0 Å². The molecular weight excluding hydrogens is 426 g/mol. The van der Waals surface area contributed by atoms with Crippen LogP contribution in [0.2, 0.25) is 0 Å². The molecule has 0 atom stereocenters. The summed E-state index contributed by atoms with van der Waals surface area (Å²) in [6, 6.07) is 30.5. The Kier molecular flexibility index (Phi) is 4.88. The van der Waals surface area contributed by atoms with E-state index in [2.05, 4.69) is 9.97 Å². The Labute approximate surface area is 195 Å². The molecule has 164 valence electrons. The van der Waals surface area contributed by atoms with Crippen molar-refractivity contribution < 1.29 is 13.9 Å². The maximum atomic E-state index is 6.13. The van der Waals surface area contributed by atoms with Crippen molar-refractivity contribution in [3.8, 4) is 34.6 Å². The van der Waals surface area contributed by atoms with E-state index in [1.54, 1.807) is 18.2 Å². The van der Waals surface area contributed by atoms with Crippen molar-refractivity contribution in [3.63, 3.8) is 0 Å². The van der Waals surface area contributed by atoms with Gasteiger partial charge < -0.3 is 13.9 Å². The van der Waals surface area contributed by atoms with E-state index in [0.29, 0.717) is 29.1 Å². The number of fused-ring (bicyclic) bond motifs is 3. The number of hydrogen-bond donors (Lipinski definition) is 0. The van der Waals surface area contributed by atoms with E-state index in [-0.39, 0.29) is 0 Å². The average Bonchev–Trinajstić information content (AvgIpc) is 3.23. The summed E-state index contributed by atoms with van der Waals surface area (Å²) in [5.41, 5.74) is 3.88. The molecule has 0 spiro atoms. The van der Waals surface area contributed by atoms with Crippen LogP contribution in [0.4, 0.5) is 0 Å². The molecule has 0 amide bonds. The van der Waals surface area contributed by atoms with Crippen molar-refractivity contribution in [3.05, 3.63) is 103 Å². The number of para-hydroxylation sites is 2. The van der Waals surface area contributed by atoms with Gasteiger partial charge in [0.25, 0.3) is 0 Å². The second-order valence-corrected chi connectivity index (χ2v) is 7.78. The predicted molar refractivity (Wildman–Crippen MR) is 130 cm³/mol. The maximum Gasteiger partial charge on any atom is 0.227 e. The zero-order valence-electron chi connectivity index (χ0n) is 18.3. The lowest BCUT2D eigenvalue weighted by molar-refractivity contribution is 0.417. The highest BCUT2D eigenvalue weighted by atomic mass is 16.5. The summed E-state index contributed by atoms with van der Waals surface area (Å²) < 4.78 is 17.9. The molecule has 0 saturated carbocycles. The number of ether oxygens (including phenoxy) is 2. The second kappa shape index (κ2) is 8.33. The van der Waals surface area contributed by atoms with Crippen LogP contribution in [0.15, 0.2) is 101 Å². The van der Waals surface area contributed by atoms with Gasteiger partial charge in [0.05, 0.1) is 5.69 Å². The lowest BCUT2D eigenvalue weighted by Crippen LogP contribution is -1.94. The third-order valence-corrected chi connectivity index (χ3v) is 5.38. The van der Waals surface area contributed by atoms with Gasteiger partial charge in [0.15, 0.2) is 0 Å². The first-order chi connectivity index (χ1) is 16.7. The summed E-state index contributed by atoms with van der Waals surface area (Å²) in [5, 5.41) is 1.98. The molecule has 0 aliphatic heterocycles. The molecule has 0 radical (unpaired) electrons. The zero-order chi connectivity index (χ0) is 22.9. The molecule has 0 fully saturated rings. The van der Waals surface area contributed by atoms with Crippen LogP contribution in [0.1, 0.15) is 5.69 Å². The summed E-state index contributed by atoms with van der Waals surface area (Å²) in [7, 11) is 0. The van der Waals surface area contributed by atoms with Crippen LogP contribution in [0.5, 0.6) is 23.4 Å². The van der Waals surface area contributed by atoms with E-state index in [1.807, 2.05) is 85.8 Å². The molecule has 0 aliphatic rings. The molecule has 6 heteroatoms. The van der Waals surface area contributed by atoms with Gasteiger partial charge >= 0.3 is 0 Å². The molecular formula is C28H19N3O3. The lowest BCUT2D eigenvalue weighted by atomic mass is 10.1. The van der Waals surface area contributed by atoms with Crippen molar-refractivity contribution in [2.24, 2.45) is 0 Å². The minimum Gasteiger partial charge on any atom is -0.439 e. The quantitative estimate of drug-likeness (QED) is 0.277. The molecule has 0 saturated heterocycles. The minimum absolute atomic E-state index is 0.389. The zero-order valence-corrected chi connectivity index (χ0v) is 18.3. The third-order valence-electron chi connectivity index (χ3n) is 5.38. The molecule has 2 aromatic carbocycles. The number of hydrogen-bond acceptors (Lipinski definition) is 6. The Morgan fingerprint density at radius 3 is 2.18 bits per heavy atom. The fourth-order valence-electron chi connectivity index (χ4n) is 3.82. The summed E-state index contributed by atoms with van der Waals surface area (Å²) in [4.78, 5) is 13.7. The number of nitrogens with zero attached hydrogens (tertiary/aromatic N) is 3. The lowest BCUT2D eigenvalue weighted by Gasteiger charge is -2.08. The molecule has 0 aliphatic carbocycles. The van der Waals surface area contributed by atoms with Crippen LogP contribution in [0.3, 0.4) is 0 Å². The number of benzene rings is 2. The standard InChI is InChI=1S/C28H19N3O3/c1-18-16-17-21-20-10-5-11-22(27(20)34-28(21)29-18)23-12-6-13-24(30-23)33-26-15-7-14-25(31-26)32-19-8-3-2-4-9-19/h2-17H,1H3. The Morgan fingerprint density at radius 1 is 0.588 bits per heavy atom. The topological polar surface area (TPSA) is 70.3 Å². The second-order valence-electron chi connectivity index (χ2n) is 7.78. The van der Waals surface area contributed by atoms with Crippen LogP contribution in [0, 0.1) is 6.92 Å². The SMILES string of the molecule is Cc1ccc2c(n1)oc1c(-c3cccc(Oc4cccc(Oc5ccccc5)n4)n3)cccc12. The molecule has 34 heavy (non-hydrogen) atoms. The van der Waals surface area contributed by atoms with Crippen LogP contribution >= 0.6 is 0 Å². The first-order valence-corrected chi connectivity index (χ1v) is 10.9. The van der Waals surface area contributed by atoms with Crippen LogP contribution in [-0.2, 0) is 0 Å². The van der Waals surface area contributed by atoms with Crippen LogP contribution in [-0.4, -0.2) is 15.0 Å². The Bertz CT molecular complexity index is 1630. The Balaban J connectivity index is 1.32. The fourth-order valence-corrected chi connectivity index (χ4v) is 3.82. The van der Waals surface area contributed by atoms with Crippen LogP contribution in [0.25, 0.3) is 33.3 Å². The smallest absolute Gasteiger partial charge is 0.227 e. The minimum atomic E-state index is 0.389. The van der Waals surface area contributed by atoms with Crippen molar-refractivity contribution in [1.29, 1.82) is 0 Å². The summed E-state index contributed by atoms with van der Waals surface area (Å²) in [6.45, 7) is 1.95. The van der Waals surface area contributed by atoms with E-state index in [9.17, 15) is 0 Å². The molecule has 6 rings (SSSR count). The highest BCUT2D eigenvalue weighted by molar-refractivity contribution is 6.08. The molecule has 0 unspecified atom stereocenters. The predicted octanol–water partition coefficient (Wildman–Crippen LogP) is 7.33. The van der Waals surface area contributed by atoms with Crippen molar-refractivity contribution >= 4 is 22.1 Å². The molecule has 0 N–H and O–H groups in total. The Hall–Kier alpha value is -4.71. The molecule has 6 nitrogen and oxygen atoms in total. The maximum absolute atomic E-state index is 6.13. The number of aromatic nitrogens is 3. The molecule has 0 bridgehead atoms. The average molecular weight is 445 g/mol. The number of pyridine rings is 3. The summed E-state index contributed by atoms with van der Waals surface area (Å²) in [5.74, 6) is 1.95. The highest BCUT2D eigenvalue weighted by Crippen LogP contribution is 2.35. The van der Waals surface area contributed by atoms with Gasteiger partial charge in [-0.05, 0) is 43.3 Å². The van der Waals surface area contributed by atoms with Gasteiger partial charge in [-0.25, -0.2) is 9.97 Å². The third kappa shape index (κ3) is 3.82. The molecule has 6 aromatic rings. The van der Waals surface area contributed by atoms with Gasteiger partial charge in [-0.15, -0.1) is 0 Å². The van der Waals surface area contributed by atoms with Gasteiger partial charge in [0.1, 0.15) is 11.3 Å². The Morgan fingerprint density at radius 2 is 1.32 bits per heavy atom. The van der Waals surface area contributed by atoms with E-state index in [0.717, 1.165) is 33.3 Å². The van der Waals surface area contributed by atoms with E-state index in [1.165, 1.54) is 0 Å². The normalized spacial score (nSPS) is 11.1. The van der Waals surface area contributed by atoms with Gasteiger partial charge in [-0.1, -0.05) is 42.5 Å². The molecule has 4 aromatic heterocycles. The number of furan rings is 1. The monoisotopic (exact) mass is 445 g/mol. The van der Waals surface area contributed by atoms with E-state index >= 15 is 0 Å². The first kappa shape index (κ1) is 19.9. The molecule has 4 heterocycles. The van der Waals surface area contributed by atoms with E-state index in [4.69, 9.17) is 18.9 Å². The number of rotatable bonds is 5. The van der Waals surface area contributed by atoms with Crippen molar-refractivity contribution in [2.75, 3.05) is 0 Å². The fraction of sp³-hybridized carbons (Fsp3) is 0.0357. The first-order valence-electron chi connectivity index (χ1n) is 10.9. The highest BCUT2D eigenvalue weighted by Gasteiger charge is 2.14. The van der Waals surface area contributed by atoms with Gasteiger partial charge in [0, 0.05) is 40.2 Å². The van der Waals surface area contributed by atoms with Gasteiger partial charge in [-0.2, -0.15) is 4.98 Å². The summed E-state index contributed by atoms with van der Waals surface area (Å²) in [6.07, 6.45) is 0. The van der Waals surface area contributed by atoms with Gasteiger partial charge in [-0.3, -0.25) is 0 Å². The van der Waals surface area contributed by atoms with Crippen LogP contribution < -0.4 is 9.47 Å².